The largest absolute Gasteiger partial charge is 0.129 e. The first-order valence-electron chi connectivity index (χ1n) is 4.72. The van der Waals surface area contributed by atoms with Crippen LogP contribution in [0.2, 0.25) is 0 Å². The van der Waals surface area contributed by atoms with Crippen LogP contribution in [0.1, 0.15) is 39.0 Å². The second kappa shape index (κ2) is 2.53. The molecule has 0 spiro atoms. The van der Waals surface area contributed by atoms with E-state index in [-0.39, 0.29) is 0 Å². The van der Waals surface area contributed by atoms with Gasteiger partial charge in [0.1, 0.15) is 0 Å². The van der Waals surface area contributed by atoms with Crippen LogP contribution in [0, 0.1) is 11.3 Å². The van der Waals surface area contributed by atoms with Gasteiger partial charge in [0, 0.05) is 0 Å². The van der Waals surface area contributed by atoms with E-state index in [0.717, 1.165) is 5.92 Å². The summed E-state index contributed by atoms with van der Waals surface area (Å²) < 4.78 is 0. The Hall–Kier alpha value is -0.480. The Labute approximate surface area is 69.0 Å². The summed E-state index contributed by atoms with van der Waals surface area (Å²) in [4.78, 5) is 0. The van der Waals surface area contributed by atoms with Gasteiger partial charge in [0.05, 0.1) is 0 Å². The Kier molecular flexibility index (Phi) is 1.65. The van der Waals surface area contributed by atoms with Crippen LogP contribution in [0.15, 0.2) is 17.9 Å². The predicted molar refractivity (Wildman–Crippen MR) is 47.3 cm³/mol. The van der Waals surface area contributed by atoms with Crippen molar-refractivity contribution in [3.63, 3.8) is 0 Å². The zero-order chi connectivity index (χ0) is 7.73. The van der Waals surface area contributed by atoms with Gasteiger partial charge in [-0.2, -0.15) is 0 Å². The molecule has 0 bridgehead atoms. The van der Waals surface area contributed by atoms with Crippen LogP contribution < -0.4 is 0 Å². The zero-order valence-electron chi connectivity index (χ0n) is 7.27. The Balaban J connectivity index is 2.22. The van der Waals surface area contributed by atoms with E-state index in [4.69, 9.17) is 0 Å². The first-order valence-corrected chi connectivity index (χ1v) is 4.72. The summed E-state index contributed by atoms with van der Waals surface area (Å²) in [6, 6.07) is 0. The molecule has 0 aliphatic heterocycles. The molecule has 2 atom stereocenters. The average Bonchev–Trinajstić information content (AvgIpc) is 2.03. The fourth-order valence-electron chi connectivity index (χ4n) is 2.44. The van der Waals surface area contributed by atoms with E-state index in [0.29, 0.717) is 5.41 Å². The standard InChI is InChI=1S/C11H16/c1-11-8-4-2-6-10(11)7-3-5-9-11/h5,7,10H,2,4,6,8-9H2,1H3. The molecule has 0 amide bonds. The molecule has 0 aromatic heterocycles. The summed E-state index contributed by atoms with van der Waals surface area (Å²) in [6.07, 6.45) is 11.5. The third-order valence-corrected chi connectivity index (χ3v) is 3.39. The molecule has 2 aliphatic rings. The molecule has 0 nitrogen and oxygen atoms in total. The maximum Gasteiger partial charge on any atom is -0.0100 e. The molecule has 2 rings (SSSR count). The van der Waals surface area contributed by atoms with Crippen molar-refractivity contribution >= 4 is 0 Å². The summed E-state index contributed by atoms with van der Waals surface area (Å²) in [5, 5.41) is 0. The molecule has 0 heterocycles. The Morgan fingerprint density at radius 2 is 2.36 bits per heavy atom. The molecule has 0 heteroatoms. The zero-order valence-corrected chi connectivity index (χ0v) is 7.27. The second-order valence-corrected chi connectivity index (χ2v) is 4.25. The van der Waals surface area contributed by atoms with Gasteiger partial charge in [-0.25, -0.2) is 0 Å². The van der Waals surface area contributed by atoms with Crippen molar-refractivity contribution in [1.82, 2.24) is 0 Å². The number of fused-ring (bicyclic) bond motifs is 1. The lowest BCUT2D eigenvalue weighted by molar-refractivity contribution is 0.152. The fourth-order valence-corrected chi connectivity index (χ4v) is 2.44. The molecule has 0 saturated heterocycles. The maximum absolute atomic E-state index is 3.26. The van der Waals surface area contributed by atoms with Crippen LogP contribution in [0.5, 0.6) is 0 Å². The van der Waals surface area contributed by atoms with Crippen LogP contribution in [-0.4, -0.2) is 0 Å². The van der Waals surface area contributed by atoms with Gasteiger partial charge in [0.15, 0.2) is 0 Å². The van der Waals surface area contributed by atoms with Gasteiger partial charge in [-0.15, -0.1) is 5.73 Å². The van der Waals surface area contributed by atoms with Crippen molar-refractivity contribution in [2.75, 3.05) is 0 Å². The van der Waals surface area contributed by atoms with Crippen molar-refractivity contribution < 1.29 is 0 Å². The lowest BCUT2D eigenvalue weighted by Crippen LogP contribution is -2.30. The van der Waals surface area contributed by atoms with Gasteiger partial charge in [-0.05, 0) is 42.7 Å². The van der Waals surface area contributed by atoms with Gasteiger partial charge in [0.2, 0.25) is 0 Å². The lowest BCUT2D eigenvalue weighted by Gasteiger charge is -2.40. The first kappa shape index (κ1) is 7.18. The Bertz CT molecular complexity index is 208. The summed E-state index contributed by atoms with van der Waals surface area (Å²) >= 11 is 0. The molecule has 11 heavy (non-hydrogen) atoms. The molecular formula is C11H16. The van der Waals surface area contributed by atoms with E-state index in [1.165, 1.54) is 32.1 Å². The minimum atomic E-state index is 0.601. The van der Waals surface area contributed by atoms with E-state index in [2.05, 4.69) is 24.8 Å². The van der Waals surface area contributed by atoms with Gasteiger partial charge < -0.3 is 0 Å². The molecule has 60 valence electrons. The monoisotopic (exact) mass is 148 g/mol. The van der Waals surface area contributed by atoms with Crippen LogP contribution in [0.25, 0.3) is 0 Å². The van der Waals surface area contributed by atoms with Gasteiger partial charge in [-0.3, -0.25) is 0 Å². The molecule has 1 saturated carbocycles. The van der Waals surface area contributed by atoms with Gasteiger partial charge in [0.25, 0.3) is 0 Å². The van der Waals surface area contributed by atoms with E-state index in [1.54, 1.807) is 0 Å². The van der Waals surface area contributed by atoms with E-state index < -0.39 is 0 Å². The number of allylic oxidation sites excluding steroid dienone is 1. The third kappa shape index (κ3) is 1.16. The van der Waals surface area contributed by atoms with E-state index in [9.17, 15) is 0 Å². The molecule has 0 radical (unpaired) electrons. The van der Waals surface area contributed by atoms with Crippen LogP contribution >= 0.6 is 0 Å². The summed E-state index contributed by atoms with van der Waals surface area (Å²) in [5.41, 5.74) is 3.86. The van der Waals surface area contributed by atoms with Gasteiger partial charge >= 0.3 is 0 Å². The van der Waals surface area contributed by atoms with Crippen molar-refractivity contribution in [2.24, 2.45) is 11.3 Å². The molecular weight excluding hydrogens is 132 g/mol. The molecule has 2 unspecified atom stereocenters. The summed E-state index contributed by atoms with van der Waals surface area (Å²) in [6.45, 7) is 2.44. The predicted octanol–water partition coefficient (Wildman–Crippen LogP) is 3.30. The highest BCUT2D eigenvalue weighted by molar-refractivity contribution is 5.06. The normalized spacial score (nSPS) is 42.1. The lowest BCUT2D eigenvalue weighted by atomic mass is 9.64. The molecule has 2 aliphatic carbocycles. The Morgan fingerprint density at radius 3 is 3.18 bits per heavy atom. The van der Waals surface area contributed by atoms with Gasteiger partial charge in [-0.1, -0.05) is 19.8 Å². The quantitative estimate of drug-likeness (QED) is 0.462. The third-order valence-electron chi connectivity index (χ3n) is 3.39. The fraction of sp³-hybridized carbons (Fsp3) is 0.727. The number of hydrogen-bond acceptors (Lipinski definition) is 0. The SMILES string of the molecule is CC12CC=C=CC1CCCC2. The Morgan fingerprint density at radius 1 is 1.45 bits per heavy atom. The van der Waals surface area contributed by atoms with Crippen LogP contribution in [0.3, 0.4) is 0 Å². The number of hydrogen-bond donors (Lipinski definition) is 0. The average molecular weight is 148 g/mol. The topological polar surface area (TPSA) is 0 Å². The number of rotatable bonds is 0. The van der Waals surface area contributed by atoms with Crippen LogP contribution in [0.4, 0.5) is 0 Å². The highest BCUT2D eigenvalue weighted by Crippen LogP contribution is 2.45. The van der Waals surface area contributed by atoms with Crippen molar-refractivity contribution in [3.8, 4) is 0 Å². The highest BCUT2D eigenvalue weighted by atomic mass is 14.4. The summed E-state index contributed by atoms with van der Waals surface area (Å²) in [5.74, 6) is 0.834. The van der Waals surface area contributed by atoms with Crippen molar-refractivity contribution in [2.45, 2.75) is 39.0 Å². The minimum Gasteiger partial charge on any atom is -0.129 e. The molecule has 0 aromatic carbocycles. The molecule has 0 N–H and O–H groups in total. The first-order chi connectivity index (χ1) is 5.31. The smallest absolute Gasteiger partial charge is 0.0100 e. The maximum atomic E-state index is 3.26. The summed E-state index contributed by atoms with van der Waals surface area (Å²) in [7, 11) is 0. The van der Waals surface area contributed by atoms with Crippen molar-refractivity contribution in [1.29, 1.82) is 0 Å². The van der Waals surface area contributed by atoms with Crippen molar-refractivity contribution in [3.05, 3.63) is 17.9 Å². The van der Waals surface area contributed by atoms with E-state index in [1.807, 2.05) is 0 Å². The minimum absolute atomic E-state index is 0.601. The molecule has 1 fully saturated rings. The van der Waals surface area contributed by atoms with Crippen LogP contribution in [-0.2, 0) is 0 Å². The highest BCUT2D eigenvalue weighted by Gasteiger charge is 2.34. The van der Waals surface area contributed by atoms with E-state index >= 15 is 0 Å². The molecule has 0 aromatic rings. The second-order valence-electron chi connectivity index (χ2n) is 4.25.